The number of rotatable bonds is 3. The van der Waals surface area contributed by atoms with Crippen molar-refractivity contribution in [2.24, 2.45) is 5.73 Å². The number of nitrogens with two attached hydrogens (primary N) is 1. The second kappa shape index (κ2) is 5.60. The van der Waals surface area contributed by atoms with Crippen LogP contribution < -0.4 is 10.5 Å². The third-order valence-corrected chi connectivity index (χ3v) is 4.33. The Hall–Kier alpha value is -0.670. The fourth-order valence-electron chi connectivity index (χ4n) is 2.13. The fraction of sp³-hybridized carbons (Fsp3) is 0.538. The lowest BCUT2D eigenvalue weighted by Crippen LogP contribution is -2.29. The molecule has 2 rings (SSSR count). The molecule has 0 radical (unpaired) electrons. The molecule has 1 aromatic rings. The summed E-state index contributed by atoms with van der Waals surface area (Å²) in [5.74, 6) is 0.921. The lowest BCUT2D eigenvalue weighted by molar-refractivity contribution is 0.414. The van der Waals surface area contributed by atoms with Crippen molar-refractivity contribution in [3.63, 3.8) is 0 Å². The minimum atomic E-state index is 0.407. The highest BCUT2D eigenvalue weighted by Crippen LogP contribution is 2.33. The molecule has 1 fully saturated rings. The van der Waals surface area contributed by atoms with Gasteiger partial charge in [-0.2, -0.15) is 0 Å². The maximum Gasteiger partial charge on any atom is 0.118 e. The van der Waals surface area contributed by atoms with E-state index in [1.807, 2.05) is 23.9 Å². The molecule has 2 N–H and O–H groups in total. The first-order chi connectivity index (χ1) is 7.78. The standard InChI is InChI=1S/C13H19NOS/c1-15-11-5-7-12(8-6-11)16-13-4-2-3-10(14)9-13/h5-8,10,13H,2-4,9,14H2,1H3. The van der Waals surface area contributed by atoms with E-state index in [-0.39, 0.29) is 0 Å². The van der Waals surface area contributed by atoms with Gasteiger partial charge in [-0.25, -0.2) is 0 Å². The van der Waals surface area contributed by atoms with Gasteiger partial charge in [-0.1, -0.05) is 6.42 Å². The van der Waals surface area contributed by atoms with Crippen molar-refractivity contribution in [2.75, 3.05) is 7.11 Å². The Morgan fingerprint density at radius 3 is 2.62 bits per heavy atom. The third kappa shape index (κ3) is 3.16. The smallest absolute Gasteiger partial charge is 0.118 e. The second-order valence-corrected chi connectivity index (χ2v) is 5.72. The summed E-state index contributed by atoms with van der Waals surface area (Å²) in [5, 5.41) is 0.692. The van der Waals surface area contributed by atoms with Gasteiger partial charge in [-0.05, 0) is 43.5 Å². The zero-order valence-corrected chi connectivity index (χ0v) is 10.5. The molecule has 0 aliphatic heterocycles. The molecule has 0 saturated heterocycles. The van der Waals surface area contributed by atoms with Gasteiger partial charge >= 0.3 is 0 Å². The number of hydrogen-bond donors (Lipinski definition) is 1. The Morgan fingerprint density at radius 2 is 2.00 bits per heavy atom. The van der Waals surface area contributed by atoms with Crippen LogP contribution in [0.3, 0.4) is 0 Å². The summed E-state index contributed by atoms with van der Waals surface area (Å²) in [6.07, 6.45) is 4.91. The van der Waals surface area contributed by atoms with E-state index in [1.165, 1.54) is 24.2 Å². The van der Waals surface area contributed by atoms with Crippen molar-refractivity contribution in [1.29, 1.82) is 0 Å². The summed E-state index contributed by atoms with van der Waals surface area (Å²) in [4.78, 5) is 1.32. The molecular formula is C13H19NOS. The molecule has 1 saturated carbocycles. The molecule has 88 valence electrons. The van der Waals surface area contributed by atoms with Crippen LogP contribution in [-0.2, 0) is 0 Å². The Bertz CT molecular complexity index is 325. The number of ether oxygens (including phenoxy) is 1. The van der Waals surface area contributed by atoms with Crippen molar-refractivity contribution in [1.82, 2.24) is 0 Å². The Kier molecular flexibility index (Phi) is 4.13. The van der Waals surface area contributed by atoms with Gasteiger partial charge in [0.05, 0.1) is 7.11 Å². The molecule has 0 bridgehead atoms. The van der Waals surface area contributed by atoms with E-state index < -0.39 is 0 Å². The van der Waals surface area contributed by atoms with E-state index in [9.17, 15) is 0 Å². The molecule has 0 spiro atoms. The van der Waals surface area contributed by atoms with Crippen molar-refractivity contribution in [3.8, 4) is 5.75 Å². The van der Waals surface area contributed by atoms with E-state index in [2.05, 4.69) is 12.1 Å². The summed E-state index contributed by atoms with van der Waals surface area (Å²) < 4.78 is 5.15. The minimum absolute atomic E-state index is 0.407. The molecule has 16 heavy (non-hydrogen) atoms. The van der Waals surface area contributed by atoms with Crippen molar-refractivity contribution < 1.29 is 4.74 Å². The predicted octanol–water partition coefficient (Wildman–Crippen LogP) is 3.06. The monoisotopic (exact) mass is 237 g/mol. The normalized spacial score (nSPS) is 25.4. The average Bonchev–Trinajstić information content (AvgIpc) is 2.30. The maximum absolute atomic E-state index is 5.99. The zero-order valence-electron chi connectivity index (χ0n) is 9.69. The summed E-state index contributed by atoms with van der Waals surface area (Å²) >= 11 is 1.95. The summed E-state index contributed by atoms with van der Waals surface area (Å²) in [7, 11) is 1.70. The van der Waals surface area contributed by atoms with Crippen LogP contribution in [0.5, 0.6) is 5.75 Å². The van der Waals surface area contributed by atoms with Crippen LogP contribution in [0.15, 0.2) is 29.2 Å². The number of benzene rings is 1. The third-order valence-electron chi connectivity index (χ3n) is 3.03. The lowest BCUT2D eigenvalue weighted by atomic mass is 9.96. The zero-order chi connectivity index (χ0) is 11.4. The SMILES string of the molecule is COc1ccc(SC2CCCC(N)C2)cc1. The quantitative estimate of drug-likeness (QED) is 0.877. The van der Waals surface area contributed by atoms with Gasteiger partial charge < -0.3 is 10.5 Å². The Morgan fingerprint density at radius 1 is 1.25 bits per heavy atom. The molecule has 0 amide bonds. The van der Waals surface area contributed by atoms with Gasteiger partial charge in [0.2, 0.25) is 0 Å². The van der Waals surface area contributed by atoms with Gasteiger partial charge in [0.15, 0.2) is 0 Å². The van der Waals surface area contributed by atoms with Crippen molar-refractivity contribution in [3.05, 3.63) is 24.3 Å². The minimum Gasteiger partial charge on any atom is -0.497 e. The molecule has 0 heterocycles. The van der Waals surface area contributed by atoms with Crippen LogP contribution in [0.2, 0.25) is 0 Å². The highest BCUT2D eigenvalue weighted by atomic mass is 32.2. The molecule has 0 aromatic heterocycles. The van der Waals surface area contributed by atoms with Crippen LogP contribution in [0.1, 0.15) is 25.7 Å². The number of thioether (sulfide) groups is 1. The fourth-order valence-corrected chi connectivity index (χ4v) is 3.44. The molecule has 1 aromatic carbocycles. The topological polar surface area (TPSA) is 35.2 Å². The van der Waals surface area contributed by atoms with E-state index >= 15 is 0 Å². The van der Waals surface area contributed by atoms with Gasteiger partial charge in [0.25, 0.3) is 0 Å². The van der Waals surface area contributed by atoms with Gasteiger partial charge in [-0.3, -0.25) is 0 Å². The first-order valence-electron chi connectivity index (χ1n) is 5.84. The van der Waals surface area contributed by atoms with Crippen LogP contribution in [0.4, 0.5) is 0 Å². The van der Waals surface area contributed by atoms with Crippen molar-refractivity contribution >= 4 is 11.8 Å². The number of hydrogen-bond acceptors (Lipinski definition) is 3. The Labute approximate surface area is 102 Å². The first-order valence-corrected chi connectivity index (χ1v) is 6.72. The summed E-state index contributed by atoms with van der Waals surface area (Å²) in [6.45, 7) is 0. The maximum atomic E-state index is 5.99. The van der Waals surface area contributed by atoms with Crippen LogP contribution in [0.25, 0.3) is 0 Å². The van der Waals surface area contributed by atoms with E-state index in [4.69, 9.17) is 10.5 Å². The summed E-state index contributed by atoms with van der Waals surface area (Å²) in [6, 6.07) is 8.70. The molecule has 1 aliphatic rings. The van der Waals surface area contributed by atoms with Crippen LogP contribution in [-0.4, -0.2) is 18.4 Å². The molecule has 2 unspecified atom stereocenters. The molecule has 3 heteroatoms. The van der Waals surface area contributed by atoms with Crippen LogP contribution >= 0.6 is 11.8 Å². The molecule has 2 atom stereocenters. The Balaban J connectivity index is 1.92. The van der Waals surface area contributed by atoms with Gasteiger partial charge in [0, 0.05) is 16.2 Å². The van der Waals surface area contributed by atoms with Gasteiger partial charge in [-0.15, -0.1) is 11.8 Å². The predicted molar refractivity (Wildman–Crippen MR) is 69.1 cm³/mol. The van der Waals surface area contributed by atoms with E-state index in [0.29, 0.717) is 11.3 Å². The molecule has 2 nitrogen and oxygen atoms in total. The molecular weight excluding hydrogens is 218 g/mol. The average molecular weight is 237 g/mol. The highest BCUT2D eigenvalue weighted by Gasteiger charge is 2.19. The number of methoxy groups -OCH3 is 1. The molecule has 1 aliphatic carbocycles. The van der Waals surface area contributed by atoms with Crippen LogP contribution in [0, 0.1) is 0 Å². The van der Waals surface area contributed by atoms with E-state index in [0.717, 1.165) is 12.2 Å². The van der Waals surface area contributed by atoms with Gasteiger partial charge in [0.1, 0.15) is 5.75 Å². The second-order valence-electron chi connectivity index (χ2n) is 4.34. The first kappa shape index (κ1) is 11.8. The largest absolute Gasteiger partial charge is 0.497 e. The summed E-state index contributed by atoms with van der Waals surface area (Å²) in [5.41, 5.74) is 5.99. The van der Waals surface area contributed by atoms with E-state index in [1.54, 1.807) is 7.11 Å². The highest BCUT2D eigenvalue weighted by molar-refractivity contribution is 8.00. The van der Waals surface area contributed by atoms with Crippen molar-refractivity contribution in [2.45, 2.75) is 41.9 Å². The lowest BCUT2D eigenvalue weighted by Gasteiger charge is -2.26.